The Morgan fingerprint density at radius 1 is 1.30 bits per heavy atom. The Labute approximate surface area is 181 Å². The van der Waals surface area contributed by atoms with E-state index in [-0.39, 0.29) is 25.8 Å². The smallest absolute Gasteiger partial charge is 0.279 e. The zero-order chi connectivity index (χ0) is 21.3. The summed E-state index contributed by atoms with van der Waals surface area (Å²) in [6, 6.07) is 0.592. The molecule has 0 saturated heterocycles. The predicted octanol–water partition coefficient (Wildman–Crippen LogP) is 1.13. The van der Waals surface area contributed by atoms with Crippen LogP contribution >= 0.6 is 11.3 Å². The average Bonchev–Trinajstić information content (AvgIpc) is 3.11. The molecule has 4 rings (SSSR count). The molecule has 1 saturated carbocycles. The van der Waals surface area contributed by atoms with E-state index >= 15 is 0 Å². The van der Waals surface area contributed by atoms with E-state index in [1.807, 2.05) is 0 Å². The maximum Gasteiger partial charge on any atom is 0.279 e. The van der Waals surface area contributed by atoms with E-state index in [9.17, 15) is 8.42 Å². The molecule has 2 aliphatic rings. The van der Waals surface area contributed by atoms with Crippen LogP contribution in [0, 0.1) is 0 Å². The lowest BCUT2D eigenvalue weighted by atomic mass is 9.92. The Morgan fingerprint density at radius 2 is 2.07 bits per heavy atom. The van der Waals surface area contributed by atoms with E-state index in [1.54, 1.807) is 11.3 Å². The minimum atomic E-state index is -3.65. The maximum atomic E-state index is 12.5. The molecule has 0 amide bonds. The Morgan fingerprint density at radius 3 is 2.77 bits per heavy atom. The molecule has 0 aromatic carbocycles. The molecular weight excluding hydrogens is 426 g/mol. The van der Waals surface area contributed by atoms with Crippen molar-refractivity contribution in [2.24, 2.45) is 0 Å². The molecule has 1 fully saturated rings. The SMILES string of the molecule is CN(C)C1CCC(Oc2ncnc3sc4c(c23)CN(S(=O)(=O)NCCO)CC4)CC1. The second kappa shape index (κ2) is 9.01. The predicted molar refractivity (Wildman–Crippen MR) is 116 cm³/mol. The number of fused-ring (bicyclic) bond motifs is 3. The van der Waals surface area contributed by atoms with Gasteiger partial charge in [0.05, 0.1) is 12.0 Å². The first-order valence-corrected chi connectivity index (χ1v) is 12.6. The molecule has 0 radical (unpaired) electrons. The molecule has 9 nitrogen and oxygen atoms in total. The van der Waals surface area contributed by atoms with Gasteiger partial charge in [0.1, 0.15) is 17.3 Å². The Bertz CT molecular complexity index is 986. The van der Waals surface area contributed by atoms with Crippen molar-refractivity contribution in [1.29, 1.82) is 0 Å². The number of aliphatic hydroxyl groups excluding tert-OH is 1. The first-order valence-electron chi connectivity index (χ1n) is 10.3. The maximum absolute atomic E-state index is 12.5. The van der Waals surface area contributed by atoms with Gasteiger partial charge in [-0.3, -0.25) is 0 Å². The normalized spacial score (nSPS) is 23.1. The van der Waals surface area contributed by atoms with Crippen LogP contribution in [0.15, 0.2) is 6.33 Å². The van der Waals surface area contributed by atoms with Crippen molar-refractivity contribution in [3.8, 4) is 5.88 Å². The lowest BCUT2D eigenvalue weighted by Gasteiger charge is -2.32. The highest BCUT2D eigenvalue weighted by atomic mass is 32.2. The molecule has 2 aromatic heterocycles. The van der Waals surface area contributed by atoms with Gasteiger partial charge in [-0.05, 0) is 51.8 Å². The fourth-order valence-corrected chi connectivity index (χ4v) is 6.55. The summed E-state index contributed by atoms with van der Waals surface area (Å²) in [6.45, 7) is 0.427. The number of nitrogens with zero attached hydrogens (tertiary/aromatic N) is 4. The summed E-state index contributed by atoms with van der Waals surface area (Å²) in [5, 5.41) is 9.80. The van der Waals surface area contributed by atoms with Gasteiger partial charge in [0.2, 0.25) is 5.88 Å². The highest BCUT2D eigenvalue weighted by Crippen LogP contribution is 2.39. The van der Waals surface area contributed by atoms with Crippen LogP contribution in [0.1, 0.15) is 36.1 Å². The highest BCUT2D eigenvalue weighted by molar-refractivity contribution is 7.87. The van der Waals surface area contributed by atoms with E-state index < -0.39 is 10.2 Å². The lowest BCUT2D eigenvalue weighted by molar-refractivity contribution is 0.108. The van der Waals surface area contributed by atoms with Gasteiger partial charge in [0, 0.05) is 30.6 Å². The summed E-state index contributed by atoms with van der Waals surface area (Å²) in [6.07, 6.45) is 6.42. The molecule has 2 aromatic rings. The first kappa shape index (κ1) is 21.8. The minimum Gasteiger partial charge on any atom is -0.474 e. The summed E-state index contributed by atoms with van der Waals surface area (Å²) in [7, 11) is 0.588. The topological polar surface area (TPSA) is 108 Å². The number of ether oxygens (including phenoxy) is 1. The van der Waals surface area contributed by atoms with Crippen LogP contribution in [0.5, 0.6) is 5.88 Å². The first-order chi connectivity index (χ1) is 14.4. The molecule has 0 unspecified atom stereocenters. The molecule has 30 heavy (non-hydrogen) atoms. The Balaban J connectivity index is 1.56. The van der Waals surface area contributed by atoms with Crippen molar-refractivity contribution in [2.45, 2.75) is 50.8 Å². The van der Waals surface area contributed by atoms with Crippen LogP contribution < -0.4 is 9.46 Å². The van der Waals surface area contributed by atoms with Gasteiger partial charge in [-0.15, -0.1) is 11.3 Å². The van der Waals surface area contributed by atoms with Crippen LogP contribution in [0.2, 0.25) is 0 Å². The third kappa shape index (κ3) is 4.46. The van der Waals surface area contributed by atoms with Crippen molar-refractivity contribution in [2.75, 3.05) is 33.8 Å². The summed E-state index contributed by atoms with van der Waals surface area (Å²) in [4.78, 5) is 13.1. The molecule has 2 N–H and O–H groups in total. The average molecular weight is 456 g/mol. The molecule has 3 heterocycles. The number of aliphatic hydroxyl groups is 1. The van der Waals surface area contributed by atoms with Crippen LogP contribution in [-0.2, 0) is 23.2 Å². The quantitative estimate of drug-likeness (QED) is 0.644. The summed E-state index contributed by atoms with van der Waals surface area (Å²) in [5.41, 5.74) is 0.938. The van der Waals surface area contributed by atoms with Crippen molar-refractivity contribution >= 4 is 31.8 Å². The van der Waals surface area contributed by atoms with Crippen molar-refractivity contribution in [3.63, 3.8) is 0 Å². The second-order valence-electron chi connectivity index (χ2n) is 8.08. The standard InChI is InChI=1S/C19H29N5O4S2/c1-23(2)13-3-5-14(6-4-13)28-18-17-15-11-24(30(26,27)22-8-10-25)9-7-16(15)29-19(17)21-12-20-18/h12-14,22,25H,3-11H2,1-2H3. The lowest BCUT2D eigenvalue weighted by Crippen LogP contribution is -2.43. The van der Waals surface area contributed by atoms with Crippen LogP contribution in [0.25, 0.3) is 10.2 Å². The molecule has 1 aliphatic heterocycles. The fraction of sp³-hybridized carbons (Fsp3) is 0.684. The van der Waals surface area contributed by atoms with Crippen molar-refractivity contribution < 1.29 is 18.3 Å². The van der Waals surface area contributed by atoms with Gasteiger partial charge in [-0.1, -0.05) is 0 Å². The summed E-state index contributed by atoms with van der Waals surface area (Å²) in [5.74, 6) is 0.563. The zero-order valence-electron chi connectivity index (χ0n) is 17.4. The van der Waals surface area contributed by atoms with Crippen LogP contribution in [-0.4, -0.2) is 78.6 Å². The van der Waals surface area contributed by atoms with Gasteiger partial charge >= 0.3 is 0 Å². The summed E-state index contributed by atoms with van der Waals surface area (Å²) >= 11 is 1.59. The third-order valence-electron chi connectivity index (χ3n) is 5.95. The number of hydrogen-bond donors (Lipinski definition) is 2. The van der Waals surface area contributed by atoms with Gasteiger partial charge in [0.15, 0.2) is 0 Å². The second-order valence-corrected chi connectivity index (χ2v) is 10.9. The number of aromatic nitrogens is 2. The van der Waals surface area contributed by atoms with Gasteiger partial charge < -0.3 is 14.7 Å². The Kier molecular flexibility index (Phi) is 6.56. The van der Waals surface area contributed by atoms with E-state index in [0.29, 0.717) is 24.9 Å². The van der Waals surface area contributed by atoms with Crippen molar-refractivity contribution in [1.82, 2.24) is 23.9 Å². The molecule has 11 heteroatoms. The van der Waals surface area contributed by atoms with Gasteiger partial charge in [-0.25, -0.2) is 9.97 Å². The molecule has 0 atom stereocenters. The van der Waals surface area contributed by atoms with E-state index in [2.05, 4.69) is 33.7 Å². The summed E-state index contributed by atoms with van der Waals surface area (Å²) < 4.78 is 35.2. The van der Waals surface area contributed by atoms with E-state index in [1.165, 1.54) is 10.6 Å². The molecular formula is C19H29N5O4S2. The Hall–Kier alpha value is -1.37. The van der Waals surface area contributed by atoms with E-state index in [0.717, 1.165) is 46.3 Å². The van der Waals surface area contributed by atoms with Gasteiger partial charge in [0.25, 0.3) is 10.2 Å². The highest BCUT2D eigenvalue weighted by Gasteiger charge is 2.31. The fourth-order valence-electron chi connectivity index (χ4n) is 4.26. The van der Waals surface area contributed by atoms with Crippen molar-refractivity contribution in [3.05, 3.63) is 16.8 Å². The number of nitrogens with one attached hydrogen (secondary N) is 1. The monoisotopic (exact) mass is 455 g/mol. The number of rotatable bonds is 7. The number of hydrogen-bond acceptors (Lipinski definition) is 8. The molecule has 0 bridgehead atoms. The minimum absolute atomic E-state index is 0.00314. The van der Waals surface area contributed by atoms with E-state index in [4.69, 9.17) is 9.84 Å². The molecule has 166 valence electrons. The largest absolute Gasteiger partial charge is 0.474 e. The molecule has 1 aliphatic carbocycles. The van der Waals surface area contributed by atoms with Crippen LogP contribution in [0.3, 0.4) is 0 Å². The van der Waals surface area contributed by atoms with Crippen LogP contribution in [0.4, 0.5) is 0 Å². The van der Waals surface area contributed by atoms with Gasteiger partial charge in [-0.2, -0.15) is 17.4 Å². The third-order valence-corrected chi connectivity index (χ3v) is 8.71. The zero-order valence-corrected chi connectivity index (χ0v) is 19.0. The number of thiophene rings is 1. The molecule has 0 spiro atoms.